The van der Waals surface area contributed by atoms with E-state index in [2.05, 4.69) is 0 Å². The van der Waals surface area contributed by atoms with Gasteiger partial charge in [-0.15, -0.1) is 0 Å². The van der Waals surface area contributed by atoms with Crippen LogP contribution < -0.4 is 0 Å². The van der Waals surface area contributed by atoms with Gasteiger partial charge in [0.05, 0.1) is 24.4 Å². The van der Waals surface area contributed by atoms with Crippen LogP contribution in [0.3, 0.4) is 0 Å². The summed E-state index contributed by atoms with van der Waals surface area (Å²) in [7, 11) is 0. The summed E-state index contributed by atoms with van der Waals surface area (Å²) in [6.07, 6.45) is -29.4. The summed E-state index contributed by atoms with van der Waals surface area (Å²) in [5, 5.41) is 104. The van der Waals surface area contributed by atoms with Crippen LogP contribution >= 0.6 is 0 Å². The molecule has 4 saturated heterocycles. The highest BCUT2D eigenvalue weighted by Crippen LogP contribution is 2.34. The third-order valence-corrected chi connectivity index (χ3v) is 8.05. The van der Waals surface area contributed by atoms with Crippen LogP contribution in [0, 0.1) is 0 Å². The van der Waals surface area contributed by atoms with E-state index in [4.69, 9.17) is 33.2 Å². The van der Waals surface area contributed by atoms with E-state index in [1.165, 1.54) is 27.7 Å². The van der Waals surface area contributed by atoms with Gasteiger partial charge < -0.3 is 84.2 Å². The maximum atomic E-state index is 10.8. The Labute approximate surface area is 235 Å². The molecule has 0 amide bonds. The van der Waals surface area contributed by atoms with Gasteiger partial charge >= 0.3 is 0 Å². The topological polar surface area (TPSA) is 267 Å². The van der Waals surface area contributed by atoms with Crippen molar-refractivity contribution in [2.75, 3.05) is 0 Å². The van der Waals surface area contributed by atoms with Crippen LogP contribution in [-0.2, 0) is 33.2 Å². The number of ether oxygens (including phenoxy) is 7. The lowest BCUT2D eigenvalue weighted by Gasteiger charge is -2.48. The molecule has 0 radical (unpaired) electrons. The Balaban J connectivity index is 1.46. The predicted molar refractivity (Wildman–Crippen MR) is 128 cm³/mol. The van der Waals surface area contributed by atoms with E-state index in [0.717, 1.165) is 0 Å². The molecule has 4 aliphatic rings. The zero-order valence-corrected chi connectivity index (χ0v) is 22.9. The molecule has 0 saturated carbocycles. The van der Waals surface area contributed by atoms with Crippen LogP contribution in [-0.4, -0.2) is 174 Å². The van der Waals surface area contributed by atoms with Crippen molar-refractivity contribution < 1.29 is 84.2 Å². The van der Waals surface area contributed by atoms with Crippen LogP contribution in [0.2, 0.25) is 0 Å². The monoisotopic (exact) mass is 602 g/mol. The van der Waals surface area contributed by atoms with Gasteiger partial charge in [-0.2, -0.15) is 0 Å². The van der Waals surface area contributed by atoms with Crippen molar-refractivity contribution in [3.63, 3.8) is 0 Å². The first-order chi connectivity index (χ1) is 19.1. The van der Waals surface area contributed by atoms with Gasteiger partial charge in [-0.05, 0) is 27.7 Å². The molecule has 17 heteroatoms. The van der Waals surface area contributed by atoms with Crippen molar-refractivity contribution in [2.45, 2.75) is 151 Å². The van der Waals surface area contributed by atoms with Crippen LogP contribution in [0.25, 0.3) is 0 Å². The molecule has 0 aliphatic carbocycles. The lowest BCUT2D eigenvalue weighted by Crippen LogP contribution is -2.66. The highest BCUT2D eigenvalue weighted by atomic mass is 16.8. The molecular weight excluding hydrogens is 560 g/mol. The largest absolute Gasteiger partial charge is 0.388 e. The highest BCUT2D eigenvalue weighted by Gasteiger charge is 2.54. The Morgan fingerprint density at radius 3 is 1.29 bits per heavy atom. The molecule has 17 nitrogen and oxygen atoms in total. The fraction of sp³-hybridized carbons (Fsp3) is 1.00. The summed E-state index contributed by atoms with van der Waals surface area (Å²) >= 11 is 0. The molecule has 4 fully saturated rings. The summed E-state index contributed by atoms with van der Waals surface area (Å²) in [5.74, 6) is 0. The van der Waals surface area contributed by atoms with Crippen molar-refractivity contribution in [1.29, 1.82) is 0 Å². The minimum atomic E-state index is -1.84. The van der Waals surface area contributed by atoms with E-state index in [9.17, 15) is 51.1 Å². The quantitative estimate of drug-likeness (QED) is 0.136. The fourth-order valence-electron chi connectivity index (χ4n) is 5.32. The van der Waals surface area contributed by atoms with Crippen molar-refractivity contribution in [1.82, 2.24) is 0 Å². The summed E-state index contributed by atoms with van der Waals surface area (Å²) < 4.78 is 38.9. The number of aliphatic hydroxyl groups excluding tert-OH is 10. The van der Waals surface area contributed by atoms with Gasteiger partial charge in [-0.25, -0.2) is 0 Å². The summed E-state index contributed by atoms with van der Waals surface area (Å²) in [6.45, 7) is 5.72. The SMILES string of the molecule is C[C@@H]1O[C@@H](O[C@H]2[C@H](O[C@@H]3[C@@H](O)[C@H](O)[C@@H](C)O[C@H]3O)O[C@H](C)[C@@H](O)[C@@H]2O)[C@H](O)[C@H](O)[C@H]1O[C@@H]1O[C@H](C)[C@H](O)[C@H](O)[C@H]1O. The van der Waals surface area contributed by atoms with Gasteiger partial charge in [0, 0.05) is 0 Å². The molecular formula is C24H42O17. The van der Waals surface area contributed by atoms with Crippen molar-refractivity contribution >= 4 is 0 Å². The molecule has 0 aromatic carbocycles. The van der Waals surface area contributed by atoms with Gasteiger partial charge in [0.2, 0.25) is 0 Å². The number of rotatable bonds is 6. The predicted octanol–water partition coefficient (Wildman–Crippen LogP) is -5.64. The highest BCUT2D eigenvalue weighted by molar-refractivity contribution is 4.96. The number of hydrogen-bond donors (Lipinski definition) is 10. The van der Waals surface area contributed by atoms with Gasteiger partial charge in [-0.1, -0.05) is 0 Å². The normalized spacial score (nSPS) is 56.9. The maximum absolute atomic E-state index is 10.8. The molecule has 10 N–H and O–H groups in total. The molecule has 0 spiro atoms. The minimum Gasteiger partial charge on any atom is -0.388 e. The van der Waals surface area contributed by atoms with Crippen LogP contribution in [0.15, 0.2) is 0 Å². The molecule has 0 unspecified atom stereocenters. The third-order valence-electron chi connectivity index (χ3n) is 8.05. The molecule has 4 heterocycles. The van der Waals surface area contributed by atoms with Gasteiger partial charge in [-0.3, -0.25) is 0 Å². The van der Waals surface area contributed by atoms with Crippen molar-refractivity contribution in [3.8, 4) is 0 Å². The minimum absolute atomic E-state index is 0.925. The molecule has 0 aromatic heterocycles. The first-order valence-corrected chi connectivity index (χ1v) is 13.5. The average Bonchev–Trinajstić information content (AvgIpc) is 2.92. The summed E-state index contributed by atoms with van der Waals surface area (Å²) in [5.41, 5.74) is 0. The smallest absolute Gasteiger partial charge is 0.187 e. The lowest BCUT2D eigenvalue weighted by atomic mass is 9.96. The Hall–Kier alpha value is -0.680. The molecule has 4 rings (SSSR count). The van der Waals surface area contributed by atoms with E-state index >= 15 is 0 Å². The van der Waals surface area contributed by atoms with Gasteiger partial charge in [0.15, 0.2) is 25.2 Å². The number of aliphatic hydroxyl groups is 10. The first-order valence-electron chi connectivity index (χ1n) is 13.5. The first kappa shape index (κ1) is 33.2. The van der Waals surface area contributed by atoms with Crippen LogP contribution in [0.5, 0.6) is 0 Å². The Kier molecular flexibility index (Phi) is 10.6. The molecule has 41 heavy (non-hydrogen) atoms. The van der Waals surface area contributed by atoms with Gasteiger partial charge in [0.1, 0.15) is 73.2 Å². The summed E-state index contributed by atoms with van der Waals surface area (Å²) in [6, 6.07) is 0. The van der Waals surface area contributed by atoms with Crippen molar-refractivity contribution in [2.24, 2.45) is 0 Å². The second-order valence-corrected chi connectivity index (χ2v) is 11.1. The second-order valence-electron chi connectivity index (χ2n) is 11.1. The van der Waals surface area contributed by atoms with Crippen LogP contribution in [0.1, 0.15) is 27.7 Å². The maximum Gasteiger partial charge on any atom is 0.187 e. The Morgan fingerprint density at radius 2 is 0.707 bits per heavy atom. The second kappa shape index (κ2) is 13.1. The molecule has 0 aromatic rings. The Bertz CT molecular complexity index is 853. The van der Waals surface area contributed by atoms with Crippen molar-refractivity contribution in [3.05, 3.63) is 0 Å². The molecule has 0 bridgehead atoms. The summed E-state index contributed by atoms with van der Waals surface area (Å²) in [4.78, 5) is 0. The average molecular weight is 603 g/mol. The zero-order valence-electron chi connectivity index (χ0n) is 22.9. The molecule has 240 valence electrons. The van der Waals surface area contributed by atoms with Gasteiger partial charge in [0.25, 0.3) is 0 Å². The van der Waals surface area contributed by atoms with E-state index in [1.807, 2.05) is 0 Å². The van der Waals surface area contributed by atoms with E-state index in [0.29, 0.717) is 0 Å². The van der Waals surface area contributed by atoms with E-state index in [-0.39, 0.29) is 0 Å². The zero-order chi connectivity index (χ0) is 30.5. The molecule has 20 atom stereocenters. The van der Waals surface area contributed by atoms with E-state index < -0.39 is 123 Å². The standard InChI is InChI=1S/C24H42O17/c1-5-10(26)13(29)19(21(34)35-5)40-24-20(14(30)11(27)7(3)37-24)41-23-17(33)15(31)18(8(4)38-23)39-22-16(32)12(28)9(25)6(2)36-22/h5-34H,1-4H3/t5-,6-,7-,8+,9+,10-,11-,12+,13+,14+,15+,16-,17-,18+,19-,20-,21-,22+,23+,24+/m1/s1. The van der Waals surface area contributed by atoms with E-state index in [1.54, 1.807) is 0 Å². The third kappa shape index (κ3) is 6.57. The molecule has 4 aliphatic heterocycles. The fourth-order valence-corrected chi connectivity index (χ4v) is 5.32. The number of hydrogen-bond acceptors (Lipinski definition) is 17. The van der Waals surface area contributed by atoms with Crippen LogP contribution in [0.4, 0.5) is 0 Å². The Morgan fingerprint density at radius 1 is 0.341 bits per heavy atom. The lowest BCUT2D eigenvalue weighted by molar-refractivity contribution is -0.393.